The summed E-state index contributed by atoms with van der Waals surface area (Å²) >= 11 is 0. The number of hydrogen-bond donors (Lipinski definition) is 2. The van der Waals surface area contributed by atoms with E-state index in [9.17, 15) is 17.6 Å². The van der Waals surface area contributed by atoms with Gasteiger partial charge in [-0.25, -0.2) is 27.1 Å². The Labute approximate surface area is 249 Å². The third kappa shape index (κ3) is 6.94. The maximum atomic E-state index is 13.1. The first kappa shape index (κ1) is 29.0. The van der Waals surface area contributed by atoms with Gasteiger partial charge < -0.3 is 20.3 Å². The molecule has 2 N–H and O–H groups in total. The largest absolute Gasteiger partial charge is 0.378 e. The summed E-state index contributed by atoms with van der Waals surface area (Å²) in [7, 11) is -3.18. The molecule has 12 nitrogen and oxygen atoms in total. The summed E-state index contributed by atoms with van der Waals surface area (Å²) in [4.78, 5) is 21.8. The molecule has 2 saturated heterocycles. The van der Waals surface area contributed by atoms with E-state index in [1.54, 1.807) is 12.1 Å². The topological polar surface area (TPSA) is 124 Å². The van der Waals surface area contributed by atoms with Gasteiger partial charge in [-0.05, 0) is 60.2 Å². The molecule has 2 aromatic carbocycles. The number of benzene rings is 2. The molecule has 226 valence electrons. The van der Waals surface area contributed by atoms with Crippen molar-refractivity contribution in [2.24, 2.45) is 0 Å². The van der Waals surface area contributed by atoms with E-state index in [2.05, 4.69) is 26.5 Å². The molecule has 4 aromatic rings. The fraction of sp³-hybridized carbons (Fsp3) is 0.345. The van der Waals surface area contributed by atoms with Gasteiger partial charge in [0.25, 0.3) is 0 Å². The average molecular weight is 609 g/mol. The number of nitrogens with zero attached hydrogens (tertiary/aromatic N) is 6. The van der Waals surface area contributed by atoms with Gasteiger partial charge in [0, 0.05) is 68.9 Å². The molecule has 2 fully saturated rings. The summed E-state index contributed by atoms with van der Waals surface area (Å²) in [6.07, 6.45) is 3.26. The molecule has 0 radical (unpaired) electrons. The van der Waals surface area contributed by atoms with Crippen LogP contribution in [-0.4, -0.2) is 97.0 Å². The second-order valence-corrected chi connectivity index (χ2v) is 12.6. The number of carbonyl (C=O) groups excluding carboxylic acids is 1. The average Bonchev–Trinajstić information content (AvgIpc) is 3.41. The molecule has 0 unspecified atom stereocenters. The van der Waals surface area contributed by atoms with Crippen molar-refractivity contribution in [1.82, 2.24) is 23.8 Å². The van der Waals surface area contributed by atoms with Crippen molar-refractivity contribution in [2.45, 2.75) is 6.54 Å². The zero-order chi connectivity index (χ0) is 30.0. The van der Waals surface area contributed by atoms with Crippen molar-refractivity contribution < 1.29 is 22.3 Å². The first-order valence-electron chi connectivity index (χ1n) is 14.0. The molecule has 2 aliphatic rings. The fourth-order valence-corrected chi connectivity index (χ4v) is 6.09. The highest BCUT2D eigenvalue weighted by molar-refractivity contribution is 7.88. The lowest BCUT2D eigenvalue weighted by Crippen LogP contribution is -2.47. The quantitative estimate of drug-likeness (QED) is 0.328. The van der Waals surface area contributed by atoms with Gasteiger partial charge in [0.15, 0.2) is 11.6 Å². The smallest absolute Gasteiger partial charge is 0.323 e. The lowest BCUT2D eigenvalue weighted by Gasteiger charge is -2.32. The number of nitrogens with one attached hydrogen (secondary N) is 2. The lowest BCUT2D eigenvalue weighted by atomic mass is 10.2. The van der Waals surface area contributed by atoms with Crippen molar-refractivity contribution in [3.63, 3.8) is 0 Å². The summed E-state index contributed by atoms with van der Waals surface area (Å²) in [5, 5.41) is 10.3. The van der Waals surface area contributed by atoms with Gasteiger partial charge in [0.2, 0.25) is 10.0 Å². The Morgan fingerprint density at radius 3 is 2.19 bits per heavy atom. The van der Waals surface area contributed by atoms with Gasteiger partial charge in [-0.2, -0.15) is 4.31 Å². The van der Waals surface area contributed by atoms with Gasteiger partial charge in [0.1, 0.15) is 11.3 Å². The van der Waals surface area contributed by atoms with Crippen molar-refractivity contribution >= 4 is 38.8 Å². The van der Waals surface area contributed by atoms with Crippen molar-refractivity contribution in [1.29, 1.82) is 0 Å². The number of piperazine rings is 1. The molecule has 4 heterocycles. The van der Waals surface area contributed by atoms with E-state index in [4.69, 9.17) is 14.8 Å². The predicted molar refractivity (Wildman–Crippen MR) is 162 cm³/mol. The van der Waals surface area contributed by atoms with Crippen LogP contribution in [0.5, 0.6) is 0 Å². The molecule has 2 aliphatic heterocycles. The number of aromatic nitrogens is 3. The number of hydrogen-bond acceptors (Lipinski definition) is 8. The van der Waals surface area contributed by atoms with Crippen molar-refractivity contribution in [2.75, 3.05) is 74.3 Å². The van der Waals surface area contributed by atoms with Crippen LogP contribution in [0, 0.1) is 5.82 Å². The van der Waals surface area contributed by atoms with Crippen LogP contribution in [-0.2, 0) is 21.3 Å². The monoisotopic (exact) mass is 608 g/mol. The third-order valence-corrected chi connectivity index (χ3v) is 8.82. The van der Waals surface area contributed by atoms with Crippen LogP contribution in [0.1, 0.15) is 5.56 Å². The number of fused-ring (bicyclic) bond motifs is 1. The summed E-state index contributed by atoms with van der Waals surface area (Å²) in [6.45, 7) is 5.62. The molecule has 0 bridgehead atoms. The van der Waals surface area contributed by atoms with Crippen LogP contribution in [0.4, 0.5) is 26.4 Å². The normalized spacial score (nSPS) is 16.8. The summed E-state index contributed by atoms with van der Waals surface area (Å²) in [5.41, 5.74) is 3.81. The van der Waals surface area contributed by atoms with E-state index < -0.39 is 16.1 Å². The molecular formula is C29H33FN8O4S. The van der Waals surface area contributed by atoms with Gasteiger partial charge in [0.05, 0.1) is 19.5 Å². The van der Waals surface area contributed by atoms with Crippen LogP contribution in [0.3, 0.4) is 0 Å². The highest BCUT2D eigenvalue weighted by Crippen LogP contribution is 2.27. The Kier molecular flexibility index (Phi) is 8.25. The summed E-state index contributed by atoms with van der Waals surface area (Å²) in [5.74, 6) is 0.988. The molecule has 0 atom stereocenters. The zero-order valence-corrected chi connectivity index (χ0v) is 24.6. The number of halogens is 1. The standard InChI is InChI=1S/C29H33FN8O4S/c1-43(40,41)37-12-10-35(11-13-37)19-21-18-26-28(36-14-16-42-17-15-36)33-27(34-38(26)20-21)22-2-6-24(7-3-22)31-29(39)32-25-8-4-23(30)5-9-25/h2-9,18,20H,10-17,19H2,1H3,(H2,31,32,39). The van der Waals surface area contributed by atoms with Gasteiger partial charge >= 0.3 is 6.03 Å². The summed E-state index contributed by atoms with van der Waals surface area (Å²) < 4.78 is 45.9. The van der Waals surface area contributed by atoms with Gasteiger partial charge in [-0.1, -0.05) is 0 Å². The second kappa shape index (κ2) is 12.2. The fourth-order valence-electron chi connectivity index (χ4n) is 5.26. The molecule has 2 aromatic heterocycles. The number of urea groups is 1. The second-order valence-electron chi connectivity index (χ2n) is 10.6. The van der Waals surface area contributed by atoms with Crippen LogP contribution in [0.15, 0.2) is 60.8 Å². The maximum Gasteiger partial charge on any atom is 0.323 e. The van der Waals surface area contributed by atoms with E-state index in [-0.39, 0.29) is 5.82 Å². The predicted octanol–water partition coefficient (Wildman–Crippen LogP) is 3.09. The Hall–Kier alpha value is -4.11. The number of sulfonamides is 1. The van der Waals surface area contributed by atoms with E-state index >= 15 is 0 Å². The Morgan fingerprint density at radius 1 is 0.930 bits per heavy atom. The van der Waals surface area contributed by atoms with E-state index in [1.807, 2.05) is 22.8 Å². The first-order valence-corrected chi connectivity index (χ1v) is 15.9. The molecule has 14 heteroatoms. The minimum Gasteiger partial charge on any atom is -0.378 e. The Bertz CT molecular complexity index is 1700. The summed E-state index contributed by atoms with van der Waals surface area (Å²) in [6, 6.07) is 14.5. The number of rotatable bonds is 7. The minimum atomic E-state index is -3.18. The molecule has 0 saturated carbocycles. The molecule has 0 spiro atoms. The lowest BCUT2D eigenvalue weighted by molar-refractivity contribution is 0.122. The SMILES string of the molecule is CS(=O)(=O)N1CCN(Cc2cc3c(N4CCOCC4)nc(-c4ccc(NC(=O)Nc5ccc(F)cc5)cc4)nn3c2)CC1. The number of morpholine rings is 1. The molecule has 0 aliphatic carbocycles. The highest BCUT2D eigenvalue weighted by Gasteiger charge is 2.24. The van der Waals surface area contributed by atoms with Crippen LogP contribution < -0.4 is 15.5 Å². The van der Waals surface area contributed by atoms with Crippen LogP contribution in [0.2, 0.25) is 0 Å². The number of amides is 2. The molecule has 6 rings (SSSR count). The van der Waals surface area contributed by atoms with Crippen molar-refractivity contribution in [3.05, 3.63) is 72.2 Å². The third-order valence-electron chi connectivity index (χ3n) is 7.52. The minimum absolute atomic E-state index is 0.375. The number of carbonyl (C=O) groups is 1. The zero-order valence-electron chi connectivity index (χ0n) is 23.7. The van der Waals surface area contributed by atoms with Crippen molar-refractivity contribution in [3.8, 4) is 11.4 Å². The number of ether oxygens (including phenoxy) is 1. The molecular weight excluding hydrogens is 575 g/mol. The van der Waals surface area contributed by atoms with E-state index in [0.717, 1.165) is 22.5 Å². The van der Waals surface area contributed by atoms with Crippen LogP contribution in [0.25, 0.3) is 16.9 Å². The highest BCUT2D eigenvalue weighted by atomic mass is 32.2. The Balaban J connectivity index is 1.21. The van der Waals surface area contributed by atoms with Gasteiger partial charge in [-0.3, -0.25) is 4.90 Å². The Morgan fingerprint density at radius 2 is 1.56 bits per heavy atom. The number of anilines is 3. The van der Waals surface area contributed by atoms with E-state index in [0.29, 0.717) is 76.2 Å². The van der Waals surface area contributed by atoms with E-state index in [1.165, 1.54) is 34.8 Å². The van der Waals surface area contributed by atoms with Gasteiger partial charge in [-0.15, -0.1) is 5.10 Å². The van der Waals surface area contributed by atoms with Crippen LogP contribution >= 0.6 is 0 Å². The molecule has 43 heavy (non-hydrogen) atoms. The maximum absolute atomic E-state index is 13.1. The first-order chi connectivity index (χ1) is 20.7. The molecule has 2 amide bonds.